The molecule has 1 aromatic heterocycles. The van der Waals surface area contributed by atoms with Crippen LogP contribution >= 0.6 is 11.8 Å². The number of hydrogen-bond donors (Lipinski definition) is 1. The average molecular weight is 336 g/mol. The molecular formula is C18H16N4OS. The van der Waals surface area contributed by atoms with E-state index in [4.69, 9.17) is 5.26 Å². The van der Waals surface area contributed by atoms with Crippen LogP contribution in [0.2, 0.25) is 0 Å². The van der Waals surface area contributed by atoms with Crippen molar-refractivity contribution in [1.82, 2.24) is 9.97 Å². The highest BCUT2D eigenvalue weighted by molar-refractivity contribution is 7.99. The number of carbonyl (C=O) groups excluding carboxylic acids is 1. The van der Waals surface area contributed by atoms with E-state index in [0.717, 1.165) is 21.9 Å². The summed E-state index contributed by atoms with van der Waals surface area (Å²) < 4.78 is 0. The van der Waals surface area contributed by atoms with Gasteiger partial charge in [-0.1, -0.05) is 42.1 Å². The Labute approximate surface area is 144 Å². The third-order valence-electron chi connectivity index (χ3n) is 3.52. The van der Waals surface area contributed by atoms with Crippen molar-refractivity contribution in [2.75, 3.05) is 17.2 Å². The number of aromatic nitrogens is 2. The number of nitrogens with zero attached hydrogens (tertiary/aromatic N) is 3. The second-order valence-electron chi connectivity index (χ2n) is 5.14. The fourth-order valence-electron chi connectivity index (χ4n) is 2.37. The Morgan fingerprint density at radius 2 is 1.92 bits per heavy atom. The zero-order valence-corrected chi connectivity index (χ0v) is 13.8. The second kappa shape index (κ2) is 7.66. The first-order valence-corrected chi connectivity index (χ1v) is 8.56. The van der Waals surface area contributed by atoms with Gasteiger partial charge in [0.2, 0.25) is 5.91 Å². The number of hydrogen-bond acceptors (Lipinski definition) is 4. The molecule has 3 aromatic rings. The van der Waals surface area contributed by atoms with Crippen LogP contribution in [0.25, 0.3) is 11.0 Å². The molecule has 2 aromatic carbocycles. The molecule has 0 saturated heterocycles. The predicted octanol–water partition coefficient (Wildman–Crippen LogP) is 3.60. The molecule has 0 atom stereocenters. The summed E-state index contributed by atoms with van der Waals surface area (Å²) in [6, 6.07) is 19.3. The van der Waals surface area contributed by atoms with E-state index in [1.165, 1.54) is 11.8 Å². The van der Waals surface area contributed by atoms with Crippen LogP contribution in [0.1, 0.15) is 6.42 Å². The quantitative estimate of drug-likeness (QED) is 0.698. The highest BCUT2D eigenvalue weighted by Crippen LogP contribution is 2.21. The van der Waals surface area contributed by atoms with Crippen molar-refractivity contribution < 1.29 is 4.79 Å². The van der Waals surface area contributed by atoms with Crippen LogP contribution in [-0.4, -0.2) is 28.2 Å². The Morgan fingerprint density at radius 3 is 2.67 bits per heavy atom. The van der Waals surface area contributed by atoms with Crippen LogP contribution < -0.4 is 4.90 Å². The molecule has 0 unspecified atom stereocenters. The lowest BCUT2D eigenvalue weighted by molar-refractivity contribution is -0.116. The lowest BCUT2D eigenvalue weighted by atomic mass is 10.2. The van der Waals surface area contributed by atoms with Crippen LogP contribution in [0.15, 0.2) is 59.8 Å². The Morgan fingerprint density at radius 1 is 1.17 bits per heavy atom. The van der Waals surface area contributed by atoms with Gasteiger partial charge in [0, 0.05) is 12.2 Å². The SMILES string of the molecule is N#CCCN(C(=O)CSc1nc2ccccc2[nH]1)c1ccccc1. The number of benzene rings is 2. The minimum Gasteiger partial charge on any atom is -0.333 e. The number of fused-ring (bicyclic) bond motifs is 1. The van der Waals surface area contributed by atoms with Crippen molar-refractivity contribution in [1.29, 1.82) is 5.26 Å². The standard InChI is InChI=1S/C18H16N4OS/c19-11-6-12-22(14-7-2-1-3-8-14)17(23)13-24-18-20-15-9-4-5-10-16(15)21-18/h1-5,7-10H,6,12-13H2,(H,20,21). The smallest absolute Gasteiger partial charge is 0.237 e. The van der Waals surface area contributed by atoms with Gasteiger partial charge in [-0.05, 0) is 24.3 Å². The maximum Gasteiger partial charge on any atom is 0.237 e. The van der Waals surface area contributed by atoms with Gasteiger partial charge in [-0.2, -0.15) is 5.26 Å². The van der Waals surface area contributed by atoms with Crippen LogP contribution in [0, 0.1) is 11.3 Å². The number of anilines is 1. The third-order valence-corrected chi connectivity index (χ3v) is 4.37. The van der Waals surface area contributed by atoms with E-state index in [2.05, 4.69) is 16.0 Å². The molecule has 1 heterocycles. The number of nitriles is 1. The molecule has 120 valence electrons. The molecule has 0 aliphatic heterocycles. The fourth-order valence-corrected chi connectivity index (χ4v) is 3.13. The van der Waals surface area contributed by atoms with Crippen molar-refractivity contribution in [2.24, 2.45) is 0 Å². The Hall–Kier alpha value is -2.78. The van der Waals surface area contributed by atoms with E-state index < -0.39 is 0 Å². The summed E-state index contributed by atoms with van der Waals surface area (Å²) in [6.45, 7) is 0.389. The van der Waals surface area contributed by atoms with E-state index in [-0.39, 0.29) is 11.7 Å². The molecule has 6 heteroatoms. The third kappa shape index (κ3) is 3.76. The predicted molar refractivity (Wildman–Crippen MR) is 95.8 cm³/mol. The largest absolute Gasteiger partial charge is 0.333 e. The van der Waals surface area contributed by atoms with Gasteiger partial charge in [-0.3, -0.25) is 4.79 Å². The number of nitrogens with one attached hydrogen (secondary N) is 1. The van der Waals surface area contributed by atoms with Crippen molar-refractivity contribution in [3.8, 4) is 6.07 Å². The highest BCUT2D eigenvalue weighted by Gasteiger charge is 2.16. The summed E-state index contributed by atoms with van der Waals surface area (Å²) in [6.07, 6.45) is 0.302. The van der Waals surface area contributed by atoms with E-state index in [0.29, 0.717) is 13.0 Å². The van der Waals surface area contributed by atoms with E-state index in [9.17, 15) is 4.79 Å². The molecule has 1 N–H and O–H groups in total. The van der Waals surface area contributed by atoms with Crippen LogP contribution in [-0.2, 0) is 4.79 Å². The lowest BCUT2D eigenvalue weighted by Gasteiger charge is -2.21. The van der Waals surface area contributed by atoms with Gasteiger partial charge in [-0.15, -0.1) is 0 Å². The van der Waals surface area contributed by atoms with Gasteiger partial charge in [0.05, 0.1) is 29.3 Å². The first-order chi connectivity index (χ1) is 11.8. The summed E-state index contributed by atoms with van der Waals surface area (Å²) in [5.74, 6) is 0.224. The van der Waals surface area contributed by atoms with Crippen molar-refractivity contribution >= 4 is 34.4 Å². The van der Waals surface area contributed by atoms with Gasteiger partial charge in [0.25, 0.3) is 0 Å². The maximum atomic E-state index is 12.6. The number of imidazole rings is 1. The number of thioether (sulfide) groups is 1. The van der Waals surface area contributed by atoms with E-state index >= 15 is 0 Å². The maximum absolute atomic E-state index is 12.6. The number of carbonyl (C=O) groups is 1. The Bertz CT molecular complexity index is 836. The summed E-state index contributed by atoms with van der Waals surface area (Å²) in [5, 5.41) is 9.54. The zero-order valence-electron chi connectivity index (χ0n) is 13.0. The van der Waals surface area contributed by atoms with Gasteiger partial charge in [0.15, 0.2) is 5.16 Å². The summed E-state index contributed by atoms with van der Waals surface area (Å²) >= 11 is 1.37. The lowest BCUT2D eigenvalue weighted by Crippen LogP contribution is -2.33. The number of H-pyrrole nitrogens is 1. The Balaban J connectivity index is 1.70. The number of rotatable bonds is 6. The van der Waals surface area contributed by atoms with Gasteiger partial charge < -0.3 is 9.88 Å². The molecular weight excluding hydrogens is 320 g/mol. The van der Waals surface area contributed by atoms with Crippen molar-refractivity contribution in [3.63, 3.8) is 0 Å². The fraction of sp³-hybridized carbons (Fsp3) is 0.167. The van der Waals surface area contributed by atoms with Gasteiger partial charge >= 0.3 is 0 Å². The molecule has 0 bridgehead atoms. The summed E-state index contributed by atoms with van der Waals surface area (Å²) in [5.41, 5.74) is 2.65. The van der Waals surface area contributed by atoms with Gasteiger partial charge in [-0.25, -0.2) is 4.98 Å². The van der Waals surface area contributed by atoms with Gasteiger partial charge in [0.1, 0.15) is 0 Å². The Kier molecular flexibility index (Phi) is 5.14. The molecule has 0 aliphatic rings. The monoisotopic (exact) mass is 336 g/mol. The normalized spacial score (nSPS) is 10.5. The number of aromatic amines is 1. The molecule has 0 spiro atoms. The number of amides is 1. The van der Waals surface area contributed by atoms with Crippen molar-refractivity contribution in [2.45, 2.75) is 11.6 Å². The van der Waals surface area contributed by atoms with Crippen LogP contribution in [0.5, 0.6) is 0 Å². The molecule has 1 amide bonds. The summed E-state index contributed by atoms with van der Waals surface area (Å²) in [7, 11) is 0. The molecule has 0 aliphatic carbocycles. The molecule has 0 fully saturated rings. The van der Waals surface area contributed by atoms with Crippen molar-refractivity contribution in [3.05, 3.63) is 54.6 Å². The highest BCUT2D eigenvalue weighted by atomic mass is 32.2. The molecule has 5 nitrogen and oxygen atoms in total. The molecule has 0 radical (unpaired) electrons. The second-order valence-corrected chi connectivity index (χ2v) is 6.10. The van der Waals surface area contributed by atoms with Crippen LogP contribution in [0.3, 0.4) is 0 Å². The zero-order chi connectivity index (χ0) is 16.8. The summed E-state index contributed by atoms with van der Waals surface area (Å²) in [4.78, 5) is 21.9. The average Bonchev–Trinajstić information content (AvgIpc) is 3.04. The number of para-hydroxylation sites is 3. The minimum atomic E-state index is -0.0399. The van der Waals surface area contributed by atoms with Crippen LogP contribution in [0.4, 0.5) is 5.69 Å². The molecule has 24 heavy (non-hydrogen) atoms. The van der Waals surface area contributed by atoms with E-state index in [1.54, 1.807) is 4.90 Å². The first kappa shape index (κ1) is 16.1. The molecule has 3 rings (SSSR count). The first-order valence-electron chi connectivity index (χ1n) is 7.58. The van der Waals surface area contributed by atoms with E-state index in [1.807, 2.05) is 54.6 Å². The molecule has 0 saturated carbocycles. The minimum absolute atomic E-state index is 0.0399. The topological polar surface area (TPSA) is 72.8 Å².